The molecular weight excluding hydrogens is 368 g/mol. The molecule has 0 unspecified atom stereocenters. The van der Waals surface area contributed by atoms with E-state index in [4.69, 9.17) is 0 Å². The number of aryl methyl sites for hydroxylation is 1. The lowest BCUT2D eigenvalue weighted by molar-refractivity contribution is -0.115. The van der Waals surface area contributed by atoms with Crippen molar-refractivity contribution in [3.8, 4) is 0 Å². The van der Waals surface area contributed by atoms with Gasteiger partial charge in [-0.3, -0.25) is 4.79 Å². The number of rotatable bonds is 5. The molecule has 0 fully saturated rings. The van der Waals surface area contributed by atoms with Gasteiger partial charge in [0.15, 0.2) is 0 Å². The number of halogens is 1. The van der Waals surface area contributed by atoms with E-state index < -0.39 is 15.9 Å². The molecule has 1 amide bonds. The van der Waals surface area contributed by atoms with E-state index in [0.29, 0.717) is 10.2 Å². The van der Waals surface area contributed by atoms with Crippen LogP contribution in [0.1, 0.15) is 5.56 Å². The van der Waals surface area contributed by atoms with Crippen molar-refractivity contribution in [2.24, 2.45) is 0 Å². The van der Waals surface area contributed by atoms with Crippen molar-refractivity contribution in [3.05, 3.63) is 58.6 Å². The van der Waals surface area contributed by atoms with Crippen LogP contribution in [0, 0.1) is 6.92 Å². The number of para-hydroxylation sites is 1. The molecule has 0 heterocycles. The Hall–Kier alpha value is -1.70. The molecule has 0 saturated heterocycles. The van der Waals surface area contributed by atoms with Crippen molar-refractivity contribution < 1.29 is 13.2 Å². The minimum atomic E-state index is -3.75. The predicted octanol–water partition coefficient (Wildman–Crippen LogP) is 2.67. The van der Waals surface area contributed by atoms with Crippen LogP contribution in [-0.2, 0) is 14.8 Å². The molecule has 0 radical (unpaired) electrons. The third-order valence-corrected chi connectivity index (χ3v) is 5.38. The standard InChI is InChI=1S/C15H15BrN2O3S/c1-11-6-2-4-8-13(11)18-15(19)10-17-22(20,21)14-9-5-3-7-12(14)16/h2-9,17H,10H2,1H3,(H,18,19). The smallest absolute Gasteiger partial charge is 0.242 e. The van der Waals surface area contributed by atoms with Gasteiger partial charge in [0.2, 0.25) is 15.9 Å². The topological polar surface area (TPSA) is 75.3 Å². The van der Waals surface area contributed by atoms with E-state index in [9.17, 15) is 13.2 Å². The number of amides is 1. The van der Waals surface area contributed by atoms with E-state index >= 15 is 0 Å². The van der Waals surface area contributed by atoms with Gasteiger partial charge in [-0.05, 0) is 46.6 Å². The zero-order valence-corrected chi connectivity index (χ0v) is 14.2. The number of sulfonamides is 1. The Balaban J connectivity index is 2.02. The van der Waals surface area contributed by atoms with E-state index in [1.54, 1.807) is 30.3 Å². The van der Waals surface area contributed by atoms with Gasteiger partial charge >= 0.3 is 0 Å². The second-order valence-corrected chi connectivity index (χ2v) is 7.21. The largest absolute Gasteiger partial charge is 0.325 e. The van der Waals surface area contributed by atoms with Gasteiger partial charge in [-0.25, -0.2) is 13.1 Å². The van der Waals surface area contributed by atoms with Crippen LogP contribution < -0.4 is 10.0 Å². The van der Waals surface area contributed by atoms with E-state index in [-0.39, 0.29) is 11.4 Å². The lowest BCUT2D eigenvalue weighted by Gasteiger charge is -2.10. The minimum absolute atomic E-state index is 0.0960. The maximum atomic E-state index is 12.2. The van der Waals surface area contributed by atoms with Crippen LogP contribution in [0.4, 0.5) is 5.69 Å². The molecule has 0 aliphatic carbocycles. The number of nitrogens with one attached hydrogen (secondary N) is 2. The molecule has 5 nitrogen and oxygen atoms in total. The lowest BCUT2D eigenvalue weighted by atomic mass is 10.2. The first kappa shape index (κ1) is 16.7. The fourth-order valence-electron chi connectivity index (χ4n) is 1.81. The molecule has 0 aromatic heterocycles. The minimum Gasteiger partial charge on any atom is -0.325 e. The second-order valence-electron chi connectivity index (χ2n) is 4.62. The highest BCUT2D eigenvalue weighted by atomic mass is 79.9. The number of hydrogen-bond acceptors (Lipinski definition) is 3. The molecule has 0 bridgehead atoms. The highest BCUT2D eigenvalue weighted by Gasteiger charge is 2.18. The second kappa shape index (κ2) is 7.04. The summed E-state index contributed by atoms with van der Waals surface area (Å²) in [6.45, 7) is 1.53. The summed E-state index contributed by atoms with van der Waals surface area (Å²) in [5.41, 5.74) is 1.57. The van der Waals surface area contributed by atoms with Crippen LogP contribution in [-0.4, -0.2) is 20.9 Å². The van der Waals surface area contributed by atoms with Gasteiger partial charge in [0.25, 0.3) is 0 Å². The van der Waals surface area contributed by atoms with Gasteiger partial charge in [-0.2, -0.15) is 0 Å². The molecule has 0 aliphatic rings. The van der Waals surface area contributed by atoms with Gasteiger partial charge in [0, 0.05) is 10.2 Å². The van der Waals surface area contributed by atoms with Gasteiger partial charge < -0.3 is 5.32 Å². The molecule has 0 aliphatic heterocycles. The Bertz CT molecular complexity index is 791. The average Bonchev–Trinajstić information content (AvgIpc) is 2.48. The van der Waals surface area contributed by atoms with Crippen molar-refractivity contribution in [1.29, 1.82) is 0 Å². The third-order valence-electron chi connectivity index (χ3n) is 2.97. The fraction of sp³-hybridized carbons (Fsp3) is 0.133. The van der Waals surface area contributed by atoms with Gasteiger partial charge in [-0.15, -0.1) is 0 Å². The van der Waals surface area contributed by atoms with Crippen molar-refractivity contribution in [2.45, 2.75) is 11.8 Å². The number of carbonyl (C=O) groups is 1. The summed E-state index contributed by atoms with van der Waals surface area (Å²) in [6.07, 6.45) is 0. The Morgan fingerprint density at radius 3 is 2.41 bits per heavy atom. The molecule has 0 atom stereocenters. The van der Waals surface area contributed by atoms with Crippen LogP contribution in [0.2, 0.25) is 0 Å². The highest BCUT2D eigenvalue weighted by molar-refractivity contribution is 9.10. The van der Waals surface area contributed by atoms with Crippen LogP contribution in [0.3, 0.4) is 0 Å². The molecule has 116 valence electrons. The van der Waals surface area contributed by atoms with E-state index in [1.165, 1.54) is 6.07 Å². The number of carbonyl (C=O) groups excluding carboxylic acids is 1. The summed E-state index contributed by atoms with van der Waals surface area (Å²) in [4.78, 5) is 12.0. The summed E-state index contributed by atoms with van der Waals surface area (Å²) < 4.78 is 27.0. The van der Waals surface area contributed by atoms with E-state index in [2.05, 4.69) is 26.0 Å². The first-order valence-electron chi connectivity index (χ1n) is 6.50. The van der Waals surface area contributed by atoms with E-state index in [0.717, 1.165) is 5.56 Å². The molecule has 2 aromatic carbocycles. The first-order chi connectivity index (χ1) is 10.4. The Labute approximate surface area is 137 Å². The maximum Gasteiger partial charge on any atom is 0.242 e. The molecule has 22 heavy (non-hydrogen) atoms. The predicted molar refractivity (Wildman–Crippen MR) is 89.1 cm³/mol. The van der Waals surface area contributed by atoms with Crippen LogP contribution in [0.25, 0.3) is 0 Å². The quantitative estimate of drug-likeness (QED) is 0.834. The molecule has 2 rings (SSSR count). The van der Waals surface area contributed by atoms with Crippen LogP contribution in [0.15, 0.2) is 57.9 Å². The molecule has 2 aromatic rings. The summed E-state index contributed by atoms with van der Waals surface area (Å²) in [6, 6.07) is 13.7. The molecule has 7 heteroatoms. The molecule has 2 N–H and O–H groups in total. The van der Waals surface area contributed by atoms with Crippen molar-refractivity contribution >= 4 is 37.5 Å². The van der Waals surface area contributed by atoms with Gasteiger partial charge in [-0.1, -0.05) is 30.3 Å². The summed E-state index contributed by atoms with van der Waals surface area (Å²) in [5, 5.41) is 2.67. The van der Waals surface area contributed by atoms with Crippen molar-refractivity contribution in [3.63, 3.8) is 0 Å². The number of anilines is 1. The molecule has 0 saturated carbocycles. The summed E-state index contributed by atoms with van der Waals surface area (Å²) in [7, 11) is -3.75. The summed E-state index contributed by atoms with van der Waals surface area (Å²) in [5.74, 6) is -0.426. The van der Waals surface area contributed by atoms with Crippen LogP contribution in [0.5, 0.6) is 0 Å². The monoisotopic (exact) mass is 382 g/mol. The third kappa shape index (κ3) is 4.16. The maximum absolute atomic E-state index is 12.2. The van der Waals surface area contributed by atoms with Gasteiger partial charge in [0.1, 0.15) is 0 Å². The normalized spacial score (nSPS) is 11.2. The fourth-order valence-corrected chi connectivity index (χ4v) is 3.79. The van der Waals surface area contributed by atoms with Crippen molar-refractivity contribution in [1.82, 2.24) is 4.72 Å². The van der Waals surface area contributed by atoms with Gasteiger partial charge in [0.05, 0.1) is 11.4 Å². The molecule has 0 spiro atoms. The first-order valence-corrected chi connectivity index (χ1v) is 8.77. The van der Waals surface area contributed by atoms with Crippen LogP contribution >= 0.6 is 15.9 Å². The zero-order valence-electron chi connectivity index (χ0n) is 11.8. The lowest BCUT2D eigenvalue weighted by Crippen LogP contribution is -2.33. The highest BCUT2D eigenvalue weighted by Crippen LogP contribution is 2.20. The number of benzene rings is 2. The van der Waals surface area contributed by atoms with E-state index in [1.807, 2.05) is 19.1 Å². The zero-order chi connectivity index (χ0) is 16.2. The SMILES string of the molecule is Cc1ccccc1NC(=O)CNS(=O)(=O)c1ccccc1Br. The Morgan fingerprint density at radius 1 is 1.09 bits per heavy atom. The molecular formula is C15H15BrN2O3S. The van der Waals surface area contributed by atoms with Crippen molar-refractivity contribution in [2.75, 3.05) is 11.9 Å². The number of hydrogen-bond donors (Lipinski definition) is 2. The Kier molecular flexibility index (Phi) is 5.33. The summed E-state index contributed by atoms with van der Waals surface area (Å²) >= 11 is 3.18. The Morgan fingerprint density at radius 2 is 1.73 bits per heavy atom. The average molecular weight is 383 g/mol.